The van der Waals surface area contributed by atoms with Crippen molar-refractivity contribution in [2.75, 3.05) is 21.3 Å². The van der Waals surface area contributed by atoms with Crippen LogP contribution in [0, 0.1) is 26.0 Å². The molecular weight excluding hydrogens is 914 g/mol. The van der Waals surface area contributed by atoms with E-state index >= 15 is 0 Å². The van der Waals surface area contributed by atoms with Gasteiger partial charge in [-0.15, -0.1) is 0 Å². The first kappa shape index (κ1) is 51.4. The number of rotatable bonds is 13. The average molecular weight is 962 g/mol. The molecule has 2 aliphatic rings. The summed E-state index contributed by atoms with van der Waals surface area (Å²) in [6, 6.07) is 6.19. The predicted molar refractivity (Wildman–Crippen MR) is 238 cm³/mol. The Hall–Kier alpha value is -8.57. The first-order valence-corrected chi connectivity index (χ1v) is 20.7. The maximum atomic E-state index is 14.7. The highest BCUT2D eigenvalue weighted by Crippen LogP contribution is 2.44. The Bertz CT molecular complexity index is 2660. The number of fused-ring (bicyclic) bond motifs is 9. The zero-order valence-electron chi connectivity index (χ0n) is 38.1. The topological polar surface area (TPSA) is 315 Å². The Morgan fingerprint density at radius 3 is 2.13 bits per heavy atom. The van der Waals surface area contributed by atoms with Gasteiger partial charge in [0.2, 0.25) is 40.9 Å². The summed E-state index contributed by atoms with van der Waals surface area (Å²) in [5.74, 6) is -7.82. The van der Waals surface area contributed by atoms with Crippen LogP contribution in [0.15, 0.2) is 72.8 Å². The summed E-state index contributed by atoms with van der Waals surface area (Å²) in [6.07, 6.45) is -1.90. The second-order valence-electron chi connectivity index (χ2n) is 16.4. The summed E-state index contributed by atoms with van der Waals surface area (Å²) in [4.78, 5) is 105. The molecule has 5 amide bonds. The van der Waals surface area contributed by atoms with Crippen molar-refractivity contribution in [2.24, 2.45) is 0 Å². The molecule has 23 nitrogen and oxygen atoms in total. The van der Waals surface area contributed by atoms with Crippen LogP contribution in [-0.2, 0) is 46.3 Å². The van der Waals surface area contributed by atoms with Crippen molar-refractivity contribution in [3.05, 3.63) is 121 Å². The molecule has 6 N–H and O–H groups in total. The third-order valence-electron chi connectivity index (χ3n) is 10.2. The lowest BCUT2D eigenvalue weighted by molar-refractivity contribution is -0.387. The SMILES string of the molecule is COC(=O)[C@@H]1Cc2ccc(c([N+](=O)[O-])c2)Oc2cc(cc(O)c2OC)[C@@H](NC(=O)[C@H](C)NC(=O)[C@@H](Cc2ccc(F)c([N+](=O)[O-])c2)NC(=O)OC(C)(C)C)C(=O)N[C@H](c2ccc(OC)cc2)C(=O)N1. The van der Waals surface area contributed by atoms with Crippen LogP contribution in [0.3, 0.4) is 0 Å². The molecule has 4 bridgehead atoms. The highest BCUT2D eigenvalue weighted by Gasteiger charge is 2.36. The van der Waals surface area contributed by atoms with E-state index in [9.17, 15) is 58.5 Å². The van der Waals surface area contributed by atoms with Crippen molar-refractivity contribution < 1.29 is 71.8 Å². The second kappa shape index (κ2) is 21.8. The largest absolute Gasteiger partial charge is 0.504 e. The zero-order chi connectivity index (χ0) is 50.9. The van der Waals surface area contributed by atoms with Gasteiger partial charge in [0.05, 0.1) is 31.2 Å². The van der Waals surface area contributed by atoms with Gasteiger partial charge >= 0.3 is 23.4 Å². The number of methoxy groups -OCH3 is 3. The van der Waals surface area contributed by atoms with Crippen LogP contribution in [0.1, 0.15) is 62.0 Å². The smallest absolute Gasteiger partial charge is 0.408 e. The van der Waals surface area contributed by atoms with E-state index in [1.807, 2.05) is 0 Å². The number of nitro benzene ring substituents is 2. The third kappa shape index (κ3) is 13.1. The first-order chi connectivity index (χ1) is 32.5. The number of carbonyl (C=O) groups excluding carboxylic acids is 6. The van der Waals surface area contributed by atoms with Gasteiger partial charge in [-0.3, -0.25) is 39.4 Å². The van der Waals surface area contributed by atoms with E-state index in [-0.39, 0.29) is 34.4 Å². The fourth-order valence-corrected chi connectivity index (χ4v) is 6.91. The highest BCUT2D eigenvalue weighted by molar-refractivity contribution is 5.97. The van der Waals surface area contributed by atoms with Gasteiger partial charge in [-0.25, -0.2) is 9.59 Å². The monoisotopic (exact) mass is 961 g/mol. The van der Waals surface area contributed by atoms with E-state index in [4.69, 9.17) is 23.7 Å². The lowest BCUT2D eigenvalue weighted by Crippen LogP contribution is -2.55. The molecule has 6 rings (SSSR count). The molecule has 5 atom stereocenters. The van der Waals surface area contributed by atoms with Crippen molar-refractivity contribution >= 4 is 47.1 Å². The van der Waals surface area contributed by atoms with Gasteiger partial charge in [0.25, 0.3) is 0 Å². The fraction of sp³-hybridized carbons (Fsp3) is 0.333. The molecule has 0 saturated heterocycles. The molecule has 2 aliphatic heterocycles. The Labute approximate surface area is 392 Å². The number of halogens is 1. The molecule has 0 spiro atoms. The normalized spacial score (nSPS) is 16.8. The molecule has 4 aromatic rings. The maximum absolute atomic E-state index is 14.7. The molecule has 2 heterocycles. The van der Waals surface area contributed by atoms with Crippen molar-refractivity contribution in [1.29, 1.82) is 0 Å². The number of hydrogen-bond acceptors (Lipinski definition) is 16. The standard InChI is InChI=1S/C45H48FN7O16/c1-22(47-40(56)29(49-44(60)69-45(2,3)4)16-23-8-14-28(46)31(18-23)52(61)62)39(55)50-37-26-20-33(54)38(66-6)35(21-26)68-34-15-9-24(19-32(34)53(63)64)17-30(43(59)67-7)48-41(57)36(51-42(37)58)25-10-12-27(65-5)13-11-25/h8-15,18-22,29-30,36-37,54H,16-17H2,1-7H3,(H,47,56)(H,48,57)(H,49,60)(H,50,55)(H,51,58)/t22-,29+,30-,36+,37+/m0/s1. The molecular formula is C45H48FN7O16. The maximum Gasteiger partial charge on any atom is 0.408 e. The minimum Gasteiger partial charge on any atom is -0.504 e. The van der Waals surface area contributed by atoms with Gasteiger partial charge in [-0.05, 0) is 86.3 Å². The number of carbonyl (C=O) groups is 6. The van der Waals surface area contributed by atoms with E-state index in [0.717, 1.165) is 50.6 Å². The number of amides is 5. The van der Waals surface area contributed by atoms with Gasteiger partial charge in [-0.2, -0.15) is 4.39 Å². The average Bonchev–Trinajstić information content (AvgIpc) is 3.28. The van der Waals surface area contributed by atoms with Gasteiger partial charge in [0.15, 0.2) is 11.5 Å². The van der Waals surface area contributed by atoms with Crippen molar-refractivity contribution in [3.63, 3.8) is 0 Å². The Balaban J connectivity index is 1.59. The molecule has 24 heteroatoms. The van der Waals surface area contributed by atoms with Gasteiger partial charge in [-0.1, -0.05) is 24.3 Å². The minimum absolute atomic E-state index is 0.0334. The summed E-state index contributed by atoms with van der Waals surface area (Å²) < 4.78 is 41.0. The van der Waals surface area contributed by atoms with Gasteiger partial charge in [0.1, 0.15) is 41.6 Å². The van der Waals surface area contributed by atoms with Gasteiger partial charge in [0, 0.05) is 25.0 Å². The number of nitrogens with one attached hydrogen (secondary N) is 5. The van der Waals surface area contributed by atoms with Crippen LogP contribution >= 0.6 is 0 Å². The molecule has 0 radical (unpaired) electrons. The lowest BCUT2D eigenvalue weighted by Gasteiger charge is -2.27. The van der Waals surface area contributed by atoms with E-state index in [1.165, 1.54) is 50.4 Å². The van der Waals surface area contributed by atoms with Crippen molar-refractivity contribution in [2.45, 2.75) is 76.3 Å². The quantitative estimate of drug-likeness (QED) is 0.0626. The van der Waals surface area contributed by atoms with Crippen LogP contribution < -0.4 is 40.8 Å². The number of phenols is 1. The number of esters is 1. The minimum atomic E-state index is -1.92. The summed E-state index contributed by atoms with van der Waals surface area (Å²) >= 11 is 0. The second-order valence-corrected chi connectivity index (χ2v) is 16.4. The van der Waals surface area contributed by atoms with E-state index in [0.29, 0.717) is 5.75 Å². The number of nitrogens with zero attached hydrogens (tertiary/aromatic N) is 2. The number of ether oxygens (including phenoxy) is 5. The molecule has 366 valence electrons. The Morgan fingerprint density at radius 1 is 0.841 bits per heavy atom. The number of nitro groups is 2. The third-order valence-corrected chi connectivity index (χ3v) is 10.2. The summed E-state index contributed by atoms with van der Waals surface area (Å²) in [5, 5.41) is 47.4. The van der Waals surface area contributed by atoms with Crippen LogP contribution in [-0.4, -0.2) is 95.7 Å². The fourth-order valence-electron chi connectivity index (χ4n) is 6.91. The molecule has 69 heavy (non-hydrogen) atoms. The molecule has 0 unspecified atom stereocenters. The number of aromatic hydroxyl groups is 1. The van der Waals surface area contributed by atoms with E-state index in [2.05, 4.69) is 26.6 Å². The summed E-state index contributed by atoms with van der Waals surface area (Å²) in [5.41, 5.74) is -2.49. The summed E-state index contributed by atoms with van der Waals surface area (Å²) in [6.45, 7) is 5.83. The van der Waals surface area contributed by atoms with Crippen LogP contribution in [0.5, 0.6) is 28.7 Å². The molecule has 4 aromatic carbocycles. The lowest BCUT2D eigenvalue weighted by atomic mass is 10.00. The van der Waals surface area contributed by atoms with Crippen molar-refractivity contribution in [1.82, 2.24) is 26.6 Å². The molecule has 0 fully saturated rings. The van der Waals surface area contributed by atoms with Crippen LogP contribution in [0.25, 0.3) is 0 Å². The molecule has 0 aliphatic carbocycles. The van der Waals surface area contributed by atoms with Gasteiger partial charge < -0.3 is 55.4 Å². The molecule has 0 saturated carbocycles. The number of benzene rings is 4. The number of alkyl carbamates (subject to hydrolysis) is 1. The predicted octanol–water partition coefficient (Wildman–Crippen LogP) is 4.03. The van der Waals surface area contributed by atoms with E-state index < -0.39 is 122 Å². The number of hydrogen-bond donors (Lipinski definition) is 6. The van der Waals surface area contributed by atoms with Crippen LogP contribution in [0.4, 0.5) is 20.6 Å². The number of phenolic OH excluding ortho intramolecular Hbond substituents is 1. The molecule has 0 aromatic heterocycles. The summed E-state index contributed by atoms with van der Waals surface area (Å²) in [7, 11) is 3.60. The van der Waals surface area contributed by atoms with E-state index in [1.54, 1.807) is 20.8 Å². The highest BCUT2D eigenvalue weighted by atomic mass is 19.1. The first-order valence-electron chi connectivity index (χ1n) is 20.7. The zero-order valence-corrected chi connectivity index (χ0v) is 38.1. The van der Waals surface area contributed by atoms with Crippen LogP contribution in [0.2, 0.25) is 0 Å². The van der Waals surface area contributed by atoms with Crippen molar-refractivity contribution in [3.8, 4) is 28.7 Å². The Morgan fingerprint density at radius 2 is 1.52 bits per heavy atom. The Kier molecular flexibility index (Phi) is 16.3.